The van der Waals surface area contributed by atoms with Gasteiger partial charge in [-0.2, -0.15) is 0 Å². The fraction of sp³-hybridized carbons (Fsp3) is 0.185. The Balaban J connectivity index is 1.28. The molecule has 2 aromatic heterocycles. The van der Waals surface area contributed by atoms with Crippen LogP contribution in [0.4, 0.5) is 5.69 Å². The van der Waals surface area contributed by atoms with Gasteiger partial charge in [0.25, 0.3) is 5.91 Å². The first-order valence-corrected chi connectivity index (χ1v) is 11.5. The molecule has 1 aliphatic rings. The van der Waals surface area contributed by atoms with Crippen LogP contribution in [-0.2, 0) is 13.0 Å². The van der Waals surface area contributed by atoms with Crippen molar-refractivity contribution in [3.8, 4) is 22.7 Å². The van der Waals surface area contributed by atoms with E-state index in [1.807, 2.05) is 66.7 Å². The Morgan fingerprint density at radius 1 is 0.882 bits per heavy atom. The number of aromatic nitrogens is 4. The van der Waals surface area contributed by atoms with Crippen LogP contribution in [0.5, 0.6) is 0 Å². The number of benzene rings is 3. The molecule has 5 aromatic rings. The lowest BCUT2D eigenvalue weighted by Crippen LogP contribution is -2.12. The van der Waals surface area contributed by atoms with Gasteiger partial charge in [-0.05, 0) is 43.2 Å². The van der Waals surface area contributed by atoms with Crippen LogP contribution < -0.4 is 5.32 Å². The summed E-state index contributed by atoms with van der Waals surface area (Å²) in [6, 6.07) is 22.9. The molecule has 1 aliphatic heterocycles. The summed E-state index contributed by atoms with van der Waals surface area (Å²) >= 11 is 0. The van der Waals surface area contributed by atoms with Crippen molar-refractivity contribution >= 4 is 22.5 Å². The Hall–Kier alpha value is -4.26. The number of fused-ring (bicyclic) bond motifs is 2. The van der Waals surface area contributed by atoms with Crippen LogP contribution in [0.3, 0.4) is 0 Å². The topological polar surface area (TPSA) is 85.8 Å². The summed E-state index contributed by atoms with van der Waals surface area (Å²) in [4.78, 5) is 13.1. The lowest BCUT2D eigenvalue weighted by atomic mass is 10.1. The number of nitrogens with one attached hydrogen (secondary N) is 1. The molecule has 0 bridgehead atoms. The highest BCUT2D eigenvalue weighted by Crippen LogP contribution is 2.30. The van der Waals surface area contributed by atoms with E-state index in [4.69, 9.17) is 4.52 Å². The second-order valence-corrected chi connectivity index (χ2v) is 8.55. The number of hydrogen-bond acceptors (Lipinski definition) is 5. The third-order valence-corrected chi connectivity index (χ3v) is 6.26. The van der Waals surface area contributed by atoms with E-state index in [0.29, 0.717) is 22.5 Å². The maximum atomic E-state index is 13.1. The Morgan fingerprint density at radius 2 is 1.76 bits per heavy atom. The highest BCUT2D eigenvalue weighted by Gasteiger charge is 2.17. The van der Waals surface area contributed by atoms with E-state index in [2.05, 4.69) is 25.2 Å². The van der Waals surface area contributed by atoms with E-state index in [1.165, 1.54) is 6.42 Å². The Morgan fingerprint density at radius 3 is 2.68 bits per heavy atom. The summed E-state index contributed by atoms with van der Waals surface area (Å²) in [5, 5.41) is 16.8. The summed E-state index contributed by atoms with van der Waals surface area (Å²) in [7, 11) is 0. The molecule has 34 heavy (non-hydrogen) atoms. The average Bonchev–Trinajstić information content (AvgIpc) is 3.41. The Bertz CT molecular complexity index is 1490. The second kappa shape index (κ2) is 8.59. The van der Waals surface area contributed by atoms with E-state index in [0.717, 1.165) is 54.0 Å². The normalized spacial score (nSPS) is 13.4. The van der Waals surface area contributed by atoms with E-state index in [9.17, 15) is 4.79 Å². The van der Waals surface area contributed by atoms with Crippen molar-refractivity contribution in [2.75, 3.05) is 5.32 Å². The average molecular weight is 450 g/mol. The smallest absolute Gasteiger partial charge is 0.255 e. The zero-order chi connectivity index (χ0) is 22.9. The van der Waals surface area contributed by atoms with Crippen molar-refractivity contribution in [2.24, 2.45) is 0 Å². The van der Waals surface area contributed by atoms with Gasteiger partial charge in [0.1, 0.15) is 11.3 Å². The molecule has 3 heterocycles. The van der Waals surface area contributed by atoms with Crippen LogP contribution in [0.1, 0.15) is 35.4 Å². The number of carbonyl (C=O) groups is 1. The van der Waals surface area contributed by atoms with E-state index >= 15 is 0 Å². The predicted octanol–water partition coefficient (Wildman–Crippen LogP) is 5.73. The molecule has 0 saturated carbocycles. The molecule has 0 saturated heterocycles. The third kappa shape index (κ3) is 3.75. The standard InChI is InChI=1S/C27H23N5O2/c33-27(20-13-14-23-22(17-20)25(34-31-23)18-8-3-1-4-9-18)28-21-11-7-10-19(16-21)26-30-29-24-12-5-2-6-15-32(24)26/h1,3-4,7-11,13-14,16-17H,2,5-6,12,15H2,(H,28,33). The lowest BCUT2D eigenvalue weighted by Gasteiger charge is -2.10. The number of anilines is 1. The molecule has 1 N–H and O–H groups in total. The monoisotopic (exact) mass is 449 g/mol. The number of rotatable bonds is 4. The number of nitrogens with zero attached hydrogens (tertiary/aromatic N) is 4. The van der Waals surface area contributed by atoms with Gasteiger partial charge in [-0.1, -0.05) is 54.0 Å². The van der Waals surface area contributed by atoms with Crippen LogP contribution in [0, 0.1) is 0 Å². The van der Waals surface area contributed by atoms with Gasteiger partial charge in [-0.15, -0.1) is 10.2 Å². The summed E-state index contributed by atoms with van der Waals surface area (Å²) in [6.07, 6.45) is 4.45. The van der Waals surface area contributed by atoms with Gasteiger partial charge in [0.2, 0.25) is 0 Å². The van der Waals surface area contributed by atoms with Gasteiger partial charge in [0, 0.05) is 35.3 Å². The minimum Gasteiger partial charge on any atom is -0.355 e. The van der Waals surface area contributed by atoms with Gasteiger partial charge < -0.3 is 14.4 Å². The zero-order valence-corrected chi connectivity index (χ0v) is 18.6. The molecule has 7 nitrogen and oxygen atoms in total. The van der Waals surface area contributed by atoms with E-state index in [-0.39, 0.29) is 5.91 Å². The summed E-state index contributed by atoms with van der Waals surface area (Å²) < 4.78 is 7.78. The summed E-state index contributed by atoms with van der Waals surface area (Å²) in [6.45, 7) is 0.927. The van der Waals surface area contributed by atoms with Crippen molar-refractivity contribution < 1.29 is 9.32 Å². The van der Waals surface area contributed by atoms with Gasteiger partial charge in [0.15, 0.2) is 11.6 Å². The van der Waals surface area contributed by atoms with E-state index < -0.39 is 0 Å². The molecule has 0 radical (unpaired) electrons. The largest absolute Gasteiger partial charge is 0.355 e. The first-order chi connectivity index (χ1) is 16.8. The minimum atomic E-state index is -0.195. The predicted molar refractivity (Wildman–Crippen MR) is 130 cm³/mol. The van der Waals surface area contributed by atoms with Gasteiger partial charge in [-0.3, -0.25) is 4.79 Å². The molecule has 0 spiro atoms. The number of hydrogen-bond donors (Lipinski definition) is 1. The Kier molecular flexibility index (Phi) is 5.14. The minimum absolute atomic E-state index is 0.195. The fourth-order valence-electron chi connectivity index (χ4n) is 4.52. The number of aryl methyl sites for hydroxylation is 1. The van der Waals surface area contributed by atoms with Crippen molar-refractivity contribution in [3.05, 3.63) is 84.2 Å². The molecule has 0 unspecified atom stereocenters. The molecule has 0 aliphatic carbocycles. The second-order valence-electron chi connectivity index (χ2n) is 8.55. The van der Waals surface area contributed by atoms with Crippen LogP contribution in [0.25, 0.3) is 33.6 Å². The van der Waals surface area contributed by atoms with Crippen molar-refractivity contribution in [3.63, 3.8) is 0 Å². The maximum absolute atomic E-state index is 13.1. The van der Waals surface area contributed by atoms with Crippen molar-refractivity contribution in [1.82, 2.24) is 19.9 Å². The lowest BCUT2D eigenvalue weighted by molar-refractivity contribution is 0.102. The third-order valence-electron chi connectivity index (χ3n) is 6.26. The molecule has 0 atom stereocenters. The summed E-state index contributed by atoms with van der Waals surface area (Å²) in [5.74, 6) is 2.35. The van der Waals surface area contributed by atoms with Crippen molar-refractivity contribution in [1.29, 1.82) is 0 Å². The number of carbonyl (C=O) groups excluding carboxylic acids is 1. The maximum Gasteiger partial charge on any atom is 0.255 e. The SMILES string of the molecule is O=C(Nc1cccc(-c2nnc3n2CCCCC3)c1)c1ccc2noc(-c3ccccc3)c2c1. The first-order valence-electron chi connectivity index (χ1n) is 11.5. The van der Waals surface area contributed by atoms with Gasteiger partial charge in [-0.25, -0.2) is 0 Å². The molecule has 168 valence electrons. The molecule has 3 aromatic carbocycles. The highest BCUT2D eigenvalue weighted by atomic mass is 16.5. The molecular weight excluding hydrogens is 426 g/mol. The van der Waals surface area contributed by atoms with Crippen LogP contribution in [-0.4, -0.2) is 25.8 Å². The first kappa shape index (κ1) is 20.4. The fourth-order valence-corrected chi connectivity index (χ4v) is 4.52. The van der Waals surface area contributed by atoms with Crippen LogP contribution >= 0.6 is 0 Å². The van der Waals surface area contributed by atoms with Crippen LogP contribution in [0.2, 0.25) is 0 Å². The van der Waals surface area contributed by atoms with Gasteiger partial charge in [0.05, 0.1) is 5.39 Å². The van der Waals surface area contributed by atoms with E-state index in [1.54, 1.807) is 6.07 Å². The zero-order valence-electron chi connectivity index (χ0n) is 18.6. The molecule has 7 heteroatoms. The molecule has 6 rings (SSSR count). The quantitative estimate of drug-likeness (QED) is 0.379. The molecule has 0 fully saturated rings. The van der Waals surface area contributed by atoms with Gasteiger partial charge >= 0.3 is 0 Å². The van der Waals surface area contributed by atoms with Crippen LogP contribution in [0.15, 0.2) is 77.3 Å². The molecular formula is C27H23N5O2. The Labute approximate surface area is 196 Å². The highest BCUT2D eigenvalue weighted by molar-refractivity contribution is 6.07. The number of amides is 1. The van der Waals surface area contributed by atoms with Crippen molar-refractivity contribution in [2.45, 2.75) is 32.2 Å². The summed E-state index contributed by atoms with van der Waals surface area (Å²) in [5.41, 5.74) is 3.82. The molecule has 1 amide bonds.